The highest BCUT2D eigenvalue weighted by atomic mass is 16.1. The van der Waals surface area contributed by atoms with Gasteiger partial charge in [0.1, 0.15) is 0 Å². The molecule has 1 rings (SSSR count). The Bertz CT molecular complexity index is 277. The lowest BCUT2D eigenvalue weighted by Gasteiger charge is -1.91. The molecule has 2 nitrogen and oxygen atoms in total. The highest BCUT2D eigenvalue weighted by Gasteiger charge is 1.87. The quantitative estimate of drug-likeness (QED) is 0.653. The molecule has 1 N–H and O–H groups in total. The molecule has 2 heteroatoms. The van der Waals surface area contributed by atoms with E-state index in [0.717, 1.165) is 5.56 Å². The molecular weight excluding hydrogens is 150 g/mol. The maximum Gasteiger partial charge on any atom is 0.243 e. The summed E-state index contributed by atoms with van der Waals surface area (Å²) < 4.78 is 0. The first-order valence-electron chi connectivity index (χ1n) is 3.78. The Morgan fingerprint density at radius 1 is 1.33 bits per heavy atom. The van der Waals surface area contributed by atoms with Crippen molar-refractivity contribution in [2.45, 2.75) is 0 Å². The normalized spacial score (nSPS) is 10.1. The van der Waals surface area contributed by atoms with Crippen molar-refractivity contribution < 1.29 is 4.79 Å². The minimum absolute atomic E-state index is 0.0844. The summed E-state index contributed by atoms with van der Waals surface area (Å²) in [6, 6.07) is 9.70. The molecule has 1 aromatic rings. The zero-order valence-electron chi connectivity index (χ0n) is 6.95. The van der Waals surface area contributed by atoms with Gasteiger partial charge in [0.25, 0.3) is 0 Å². The molecule has 0 unspecified atom stereocenters. The molecule has 0 spiro atoms. The van der Waals surface area contributed by atoms with E-state index in [0.29, 0.717) is 0 Å². The van der Waals surface area contributed by atoms with Crippen LogP contribution in [0.2, 0.25) is 0 Å². The summed E-state index contributed by atoms with van der Waals surface area (Å²) in [4.78, 5) is 10.8. The Morgan fingerprint density at radius 3 is 2.58 bits per heavy atom. The number of benzene rings is 1. The average molecular weight is 161 g/mol. The topological polar surface area (TPSA) is 29.1 Å². The number of nitrogens with one attached hydrogen (secondary N) is 1. The first-order chi connectivity index (χ1) is 5.83. The molecule has 0 radical (unpaired) electrons. The summed E-state index contributed by atoms with van der Waals surface area (Å²) in [5.74, 6) is -0.0844. The van der Waals surface area contributed by atoms with Crippen LogP contribution in [-0.2, 0) is 4.79 Å². The maximum absolute atomic E-state index is 10.8. The van der Waals surface area contributed by atoms with Crippen LogP contribution >= 0.6 is 0 Å². The van der Waals surface area contributed by atoms with Gasteiger partial charge in [-0.2, -0.15) is 0 Å². The Hall–Kier alpha value is -1.57. The average Bonchev–Trinajstić information content (AvgIpc) is 2.16. The van der Waals surface area contributed by atoms with Crippen LogP contribution in [-0.4, -0.2) is 13.0 Å². The third kappa shape index (κ3) is 2.58. The van der Waals surface area contributed by atoms with Gasteiger partial charge in [0.2, 0.25) is 5.91 Å². The molecule has 62 valence electrons. The molecule has 0 bridgehead atoms. The number of carbonyl (C=O) groups excluding carboxylic acids is 1. The van der Waals surface area contributed by atoms with E-state index in [2.05, 4.69) is 5.32 Å². The van der Waals surface area contributed by atoms with Crippen molar-refractivity contribution in [3.8, 4) is 0 Å². The molecule has 0 aromatic heterocycles. The van der Waals surface area contributed by atoms with Gasteiger partial charge in [0, 0.05) is 13.1 Å². The van der Waals surface area contributed by atoms with E-state index in [1.54, 1.807) is 13.1 Å². The smallest absolute Gasteiger partial charge is 0.243 e. The molecular formula is C10H11NO. The Labute approximate surface area is 71.9 Å². The van der Waals surface area contributed by atoms with Crippen LogP contribution in [0.25, 0.3) is 6.08 Å². The third-order valence-corrected chi connectivity index (χ3v) is 1.47. The van der Waals surface area contributed by atoms with E-state index in [1.165, 1.54) is 6.08 Å². The molecule has 0 saturated heterocycles. The van der Waals surface area contributed by atoms with Gasteiger partial charge in [-0.25, -0.2) is 0 Å². The van der Waals surface area contributed by atoms with Crippen molar-refractivity contribution >= 4 is 12.0 Å². The van der Waals surface area contributed by atoms with Crippen LogP contribution in [0.4, 0.5) is 0 Å². The third-order valence-electron chi connectivity index (χ3n) is 1.47. The zero-order valence-corrected chi connectivity index (χ0v) is 6.95. The van der Waals surface area contributed by atoms with Crippen molar-refractivity contribution in [3.05, 3.63) is 42.0 Å². The SMILES string of the molecule is CNC(=O)/C=C/c1ccccc1. The van der Waals surface area contributed by atoms with Gasteiger partial charge in [0.15, 0.2) is 0 Å². The zero-order chi connectivity index (χ0) is 8.81. The molecule has 0 atom stereocenters. The minimum atomic E-state index is -0.0844. The summed E-state index contributed by atoms with van der Waals surface area (Å²) in [5.41, 5.74) is 1.03. The van der Waals surface area contributed by atoms with Crippen molar-refractivity contribution in [3.63, 3.8) is 0 Å². The van der Waals surface area contributed by atoms with E-state index in [1.807, 2.05) is 30.3 Å². The molecule has 0 heterocycles. The number of hydrogen-bond acceptors (Lipinski definition) is 1. The number of likely N-dealkylation sites (N-methyl/N-ethyl adjacent to an activating group) is 1. The van der Waals surface area contributed by atoms with E-state index < -0.39 is 0 Å². The molecule has 1 aromatic carbocycles. The monoisotopic (exact) mass is 161 g/mol. The van der Waals surface area contributed by atoms with Gasteiger partial charge >= 0.3 is 0 Å². The van der Waals surface area contributed by atoms with Gasteiger partial charge in [-0.1, -0.05) is 30.3 Å². The first-order valence-corrected chi connectivity index (χ1v) is 3.78. The number of hydrogen-bond donors (Lipinski definition) is 1. The van der Waals surface area contributed by atoms with Crippen molar-refractivity contribution in [1.29, 1.82) is 0 Å². The molecule has 1 amide bonds. The lowest BCUT2D eigenvalue weighted by atomic mass is 10.2. The molecule has 0 aliphatic carbocycles. The number of rotatable bonds is 2. The lowest BCUT2D eigenvalue weighted by Crippen LogP contribution is -2.13. The van der Waals surface area contributed by atoms with E-state index in [-0.39, 0.29) is 5.91 Å². The maximum atomic E-state index is 10.8. The van der Waals surface area contributed by atoms with Gasteiger partial charge < -0.3 is 5.32 Å². The second-order valence-corrected chi connectivity index (χ2v) is 2.36. The van der Waals surface area contributed by atoms with E-state index >= 15 is 0 Å². The molecule has 0 fully saturated rings. The summed E-state index contributed by atoms with van der Waals surface area (Å²) in [6.45, 7) is 0. The molecule has 12 heavy (non-hydrogen) atoms. The summed E-state index contributed by atoms with van der Waals surface area (Å²) in [7, 11) is 1.61. The van der Waals surface area contributed by atoms with Crippen LogP contribution in [0, 0.1) is 0 Å². The lowest BCUT2D eigenvalue weighted by molar-refractivity contribution is -0.115. The number of carbonyl (C=O) groups is 1. The summed E-state index contributed by atoms with van der Waals surface area (Å²) >= 11 is 0. The second kappa shape index (κ2) is 4.34. The fraction of sp³-hybridized carbons (Fsp3) is 0.100. The molecule has 0 aliphatic heterocycles. The van der Waals surface area contributed by atoms with Crippen molar-refractivity contribution in [2.75, 3.05) is 7.05 Å². The van der Waals surface area contributed by atoms with Crippen molar-refractivity contribution in [2.24, 2.45) is 0 Å². The van der Waals surface area contributed by atoms with Crippen LogP contribution in [0.1, 0.15) is 5.56 Å². The van der Waals surface area contributed by atoms with Gasteiger partial charge in [-0.15, -0.1) is 0 Å². The summed E-state index contributed by atoms with van der Waals surface area (Å²) in [5, 5.41) is 2.51. The van der Waals surface area contributed by atoms with Crippen LogP contribution < -0.4 is 5.32 Å². The van der Waals surface area contributed by atoms with Gasteiger partial charge in [-0.3, -0.25) is 4.79 Å². The molecule has 0 saturated carbocycles. The van der Waals surface area contributed by atoms with Crippen LogP contribution in [0.15, 0.2) is 36.4 Å². The fourth-order valence-electron chi connectivity index (χ4n) is 0.819. The highest BCUT2D eigenvalue weighted by Crippen LogP contribution is 1.99. The van der Waals surface area contributed by atoms with Gasteiger partial charge in [0.05, 0.1) is 0 Å². The first kappa shape index (κ1) is 8.53. The summed E-state index contributed by atoms with van der Waals surface area (Å²) in [6.07, 6.45) is 3.29. The Kier molecular flexibility index (Phi) is 3.08. The van der Waals surface area contributed by atoms with Gasteiger partial charge in [-0.05, 0) is 11.6 Å². The highest BCUT2D eigenvalue weighted by molar-refractivity contribution is 5.91. The van der Waals surface area contributed by atoms with Crippen LogP contribution in [0.5, 0.6) is 0 Å². The minimum Gasteiger partial charge on any atom is -0.356 e. The molecule has 0 aliphatic rings. The number of amides is 1. The van der Waals surface area contributed by atoms with E-state index in [9.17, 15) is 4.79 Å². The van der Waals surface area contributed by atoms with Crippen LogP contribution in [0.3, 0.4) is 0 Å². The Morgan fingerprint density at radius 2 is 2.00 bits per heavy atom. The predicted molar refractivity (Wildman–Crippen MR) is 49.5 cm³/mol. The predicted octanol–water partition coefficient (Wildman–Crippen LogP) is 1.45. The van der Waals surface area contributed by atoms with Crippen molar-refractivity contribution in [1.82, 2.24) is 5.32 Å². The van der Waals surface area contributed by atoms with E-state index in [4.69, 9.17) is 0 Å². The largest absolute Gasteiger partial charge is 0.356 e. The fourth-order valence-corrected chi connectivity index (χ4v) is 0.819. The standard InChI is InChI=1S/C10H11NO/c1-11-10(12)8-7-9-5-3-2-4-6-9/h2-8H,1H3,(H,11,12)/b8-7+. The Balaban J connectivity index is 2.64. The second-order valence-electron chi connectivity index (χ2n) is 2.36.